The fourth-order valence-electron chi connectivity index (χ4n) is 3.78. The molecule has 0 aliphatic carbocycles. The topological polar surface area (TPSA) is 9.72 Å². The van der Waals surface area contributed by atoms with Crippen molar-refractivity contribution in [3.05, 3.63) is 0 Å². The first-order chi connectivity index (χ1) is 9.23. The van der Waals surface area contributed by atoms with Gasteiger partial charge in [0.15, 0.2) is 16.8 Å². The lowest BCUT2D eigenvalue weighted by Gasteiger charge is -2.54. The average molecular weight is 318 g/mol. The van der Waals surface area contributed by atoms with Gasteiger partial charge in [-0.25, -0.2) is 0 Å². The quantitative estimate of drug-likeness (QED) is 0.568. The van der Waals surface area contributed by atoms with E-state index in [1.54, 1.807) is 0 Å². The van der Waals surface area contributed by atoms with Crippen LogP contribution in [0.3, 0.4) is 0 Å². The van der Waals surface area contributed by atoms with Gasteiger partial charge in [0.1, 0.15) is 0 Å². The molecule has 0 heterocycles. The minimum atomic E-state index is -1.53. The fourth-order valence-corrected chi connectivity index (χ4v) is 15.3. The molecule has 0 unspecified atom stereocenters. The monoisotopic (exact) mass is 317 g/mol. The summed E-state index contributed by atoms with van der Waals surface area (Å²) in [6, 6.07) is 0. The first kappa shape index (κ1) is 20.3. The van der Waals surface area contributed by atoms with Gasteiger partial charge in [-0.15, -0.1) is 0 Å². The van der Waals surface area contributed by atoms with Crippen LogP contribution >= 0.6 is 0 Å². The van der Waals surface area contributed by atoms with Crippen LogP contribution in [0.25, 0.3) is 0 Å². The Morgan fingerprint density at radius 3 is 1.10 bits per heavy atom. The van der Waals surface area contributed by atoms with Crippen LogP contribution in [0.15, 0.2) is 0 Å². The molecule has 0 N–H and O–H groups in total. The minimum Gasteiger partial charge on any atom is -0.322 e. The van der Waals surface area contributed by atoms with Crippen LogP contribution < -0.4 is 0 Å². The van der Waals surface area contributed by atoms with Crippen molar-refractivity contribution >= 4 is 16.8 Å². The number of nitrogens with zero attached hydrogens (tertiary/aromatic N) is 3. The molecule has 0 aliphatic rings. The molecule has 0 aliphatic heterocycles. The summed E-state index contributed by atoms with van der Waals surface area (Å²) in [6.07, 6.45) is 1.26. The normalized spacial score (nSPS) is 13.8. The third kappa shape index (κ3) is 4.40. The third-order valence-corrected chi connectivity index (χ3v) is 15.6. The van der Waals surface area contributed by atoms with E-state index in [2.05, 4.69) is 74.2 Å². The van der Waals surface area contributed by atoms with E-state index in [0.29, 0.717) is 0 Å². The van der Waals surface area contributed by atoms with Gasteiger partial charge in [-0.1, -0.05) is 34.6 Å². The van der Waals surface area contributed by atoms with Crippen LogP contribution in [-0.4, -0.2) is 62.9 Å². The summed E-state index contributed by atoms with van der Waals surface area (Å²) in [5, 5.41) is 0. The molecule has 0 radical (unpaired) electrons. The van der Waals surface area contributed by atoms with Gasteiger partial charge < -0.3 is 13.4 Å². The second kappa shape index (κ2) is 8.68. The summed E-state index contributed by atoms with van der Waals surface area (Å²) in [6.45, 7) is 27.8. The molecule has 20 heavy (non-hydrogen) atoms. The molecular formula is C15H39N3Si2. The maximum Gasteiger partial charge on any atom is 0.194 e. The molecule has 0 spiro atoms. The van der Waals surface area contributed by atoms with E-state index in [4.69, 9.17) is 0 Å². The predicted molar refractivity (Wildman–Crippen MR) is 97.8 cm³/mol. The highest BCUT2D eigenvalue weighted by atomic mass is 28.4. The largest absolute Gasteiger partial charge is 0.322 e. The van der Waals surface area contributed by atoms with Gasteiger partial charge in [-0.2, -0.15) is 0 Å². The molecular weight excluding hydrogens is 278 g/mol. The van der Waals surface area contributed by atoms with Gasteiger partial charge in [-0.05, 0) is 65.3 Å². The lowest BCUT2D eigenvalue weighted by Crippen LogP contribution is -2.74. The molecule has 0 rings (SSSR count). The Kier molecular flexibility index (Phi) is 8.82. The Morgan fingerprint density at radius 1 is 0.600 bits per heavy atom. The maximum atomic E-state index is 2.96. The molecule has 122 valence electrons. The molecule has 0 saturated carbocycles. The number of hydrogen-bond donors (Lipinski definition) is 0. The van der Waals surface area contributed by atoms with Gasteiger partial charge in [0.25, 0.3) is 0 Å². The lowest BCUT2D eigenvalue weighted by atomic mass is 10.5. The van der Waals surface area contributed by atoms with Crippen molar-refractivity contribution in [2.45, 2.75) is 67.2 Å². The zero-order valence-corrected chi connectivity index (χ0v) is 17.6. The smallest absolute Gasteiger partial charge is 0.194 e. The summed E-state index contributed by atoms with van der Waals surface area (Å²) < 4.78 is 8.43. The van der Waals surface area contributed by atoms with Crippen molar-refractivity contribution in [2.75, 3.05) is 32.7 Å². The molecule has 0 atom stereocenters. The summed E-state index contributed by atoms with van der Waals surface area (Å²) in [5.41, 5.74) is 0. The molecule has 0 saturated heterocycles. The zero-order valence-electron chi connectivity index (χ0n) is 15.6. The summed E-state index contributed by atoms with van der Waals surface area (Å²) >= 11 is 0. The van der Waals surface area contributed by atoms with E-state index in [-0.39, 0.29) is 0 Å². The average Bonchev–Trinajstić information content (AvgIpc) is 2.37. The van der Waals surface area contributed by atoms with Crippen LogP contribution in [0.2, 0.25) is 26.2 Å². The Morgan fingerprint density at radius 2 is 0.900 bits per heavy atom. The third-order valence-electron chi connectivity index (χ3n) is 4.84. The standard InChI is InChI=1S/C15H39N3Si2/c1-10-15-18(19(6,7)16(11-2)12-3)20(8,9)17(13-4)14-5/h10-15H2,1-9H3. The van der Waals surface area contributed by atoms with Crippen molar-refractivity contribution in [2.24, 2.45) is 0 Å². The lowest BCUT2D eigenvalue weighted by molar-refractivity contribution is 0.369. The number of rotatable bonds is 10. The second-order valence-electron chi connectivity index (χ2n) is 6.49. The van der Waals surface area contributed by atoms with E-state index >= 15 is 0 Å². The van der Waals surface area contributed by atoms with Crippen LogP contribution in [0.5, 0.6) is 0 Å². The van der Waals surface area contributed by atoms with Gasteiger partial charge in [0.2, 0.25) is 0 Å². The van der Waals surface area contributed by atoms with Crippen molar-refractivity contribution in [1.82, 2.24) is 13.4 Å². The van der Waals surface area contributed by atoms with E-state index in [1.807, 2.05) is 0 Å². The SMILES string of the molecule is CCCN([Si](C)(C)N(CC)CC)[Si](C)(C)N(CC)CC. The summed E-state index contributed by atoms with van der Waals surface area (Å²) in [7, 11) is -3.05. The van der Waals surface area contributed by atoms with Crippen molar-refractivity contribution < 1.29 is 0 Å². The predicted octanol–water partition coefficient (Wildman–Crippen LogP) is 3.79. The van der Waals surface area contributed by atoms with E-state index in [9.17, 15) is 0 Å². The van der Waals surface area contributed by atoms with Crippen molar-refractivity contribution in [1.29, 1.82) is 0 Å². The van der Waals surface area contributed by atoms with Gasteiger partial charge >= 0.3 is 0 Å². The molecule has 3 nitrogen and oxygen atoms in total. The highest BCUT2D eigenvalue weighted by Gasteiger charge is 2.45. The summed E-state index contributed by atoms with van der Waals surface area (Å²) in [4.78, 5) is 0. The highest BCUT2D eigenvalue weighted by molar-refractivity contribution is 6.88. The van der Waals surface area contributed by atoms with Crippen LogP contribution in [0.1, 0.15) is 41.0 Å². The molecule has 0 aromatic rings. The minimum absolute atomic E-state index is 1.18. The van der Waals surface area contributed by atoms with E-state index < -0.39 is 16.8 Å². The molecule has 0 aromatic carbocycles. The molecule has 0 bridgehead atoms. The molecule has 0 aromatic heterocycles. The van der Waals surface area contributed by atoms with Crippen LogP contribution in [0, 0.1) is 0 Å². The van der Waals surface area contributed by atoms with Crippen LogP contribution in [0.4, 0.5) is 0 Å². The van der Waals surface area contributed by atoms with Crippen molar-refractivity contribution in [3.8, 4) is 0 Å². The first-order valence-electron chi connectivity index (χ1n) is 8.51. The number of hydrogen-bond acceptors (Lipinski definition) is 3. The van der Waals surface area contributed by atoms with E-state index in [0.717, 1.165) is 0 Å². The molecule has 0 amide bonds. The highest BCUT2D eigenvalue weighted by Crippen LogP contribution is 2.25. The first-order valence-corrected chi connectivity index (χ1v) is 14.3. The zero-order chi connectivity index (χ0) is 16.0. The Bertz CT molecular complexity index is 238. The Hall–Kier alpha value is 0.314. The van der Waals surface area contributed by atoms with Crippen molar-refractivity contribution in [3.63, 3.8) is 0 Å². The fraction of sp³-hybridized carbons (Fsp3) is 1.00. The Balaban J connectivity index is 5.50. The van der Waals surface area contributed by atoms with Gasteiger partial charge in [0, 0.05) is 0 Å². The van der Waals surface area contributed by atoms with E-state index in [1.165, 1.54) is 39.1 Å². The Labute approximate surface area is 130 Å². The molecule has 5 heteroatoms. The maximum absolute atomic E-state index is 2.96. The van der Waals surface area contributed by atoms with Gasteiger partial charge in [-0.3, -0.25) is 0 Å². The van der Waals surface area contributed by atoms with Crippen LogP contribution in [-0.2, 0) is 0 Å². The second-order valence-corrected chi connectivity index (χ2v) is 15.3. The summed E-state index contributed by atoms with van der Waals surface area (Å²) in [5.74, 6) is 0. The molecule has 0 fully saturated rings. The van der Waals surface area contributed by atoms with Gasteiger partial charge in [0.05, 0.1) is 0 Å².